The van der Waals surface area contributed by atoms with Gasteiger partial charge in [-0.1, -0.05) is 6.08 Å². The van der Waals surface area contributed by atoms with Crippen LogP contribution in [0.2, 0.25) is 0 Å². The summed E-state index contributed by atoms with van der Waals surface area (Å²) < 4.78 is 13.3. The Balaban J connectivity index is 1.67. The van der Waals surface area contributed by atoms with Gasteiger partial charge < -0.3 is 15.1 Å². The fourth-order valence-electron chi connectivity index (χ4n) is 4.41. The van der Waals surface area contributed by atoms with E-state index in [0.717, 1.165) is 16.9 Å². The number of carbonyl (C=O) groups is 1. The molecule has 8 heteroatoms. The van der Waals surface area contributed by atoms with Crippen LogP contribution in [0.4, 0.5) is 21.5 Å². The Hall–Kier alpha value is -3.42. The average Bonchev–Trinajstić information content (AvgIpc) is 2.76. The quantitative estimate of drug-likeness (QED) is 0.466. The molecule has 2 aromatic rings. The maximum absolute atomic E-state index is 13.3. The smallest absolute Gasteiger partial charge is 0.269 e. The summed E-state index contributed by atoms with van der Waals surface area (Å²) in [5.74, 6) is -0.738. The molecule has 2 heterocycles. The fourth-order valence-corrected chi connectivity index (χ4v) is 4.41. The van der Waals surface area contributed by atoms with Crippen molar-refractivity contribution in [3.8, 4) is 0 Å². The molecule has 2 aliphatic rings. The van der Waals surface area contributed by atoms with Gasteiger partial charge in [0, 0.05) is 49.7 Å². The minimum Gasteiger partial charge on any atom is -0.368 e. The van der Waals surface area contributed by atoms with Crippen LogP contribution in [-0.2, 0) is 11.2 Å². The molecular formula is C22H23FN4O3. The van der Waals surface area contributed by atoms with E-state index in [0.29, 0.717) is 32.6 Å². The van der Waals surface area contributed by atoms with E-state index in [1.54, 1.807) is 30.3 Å². The monoisotopic (exact) mass is 410 g/mol. The highest BCUT2D eigenvalue weighted by atomic mass is 19.1. The summed E-state index contributed by atoms with van der Waals surface area (Å²) in [6.07, 6.45) is 2.06. The molecule has 156 valence electrons. The number of hydrogen-bond acceptors (Lipinski definition) is 5. The van der Waals surface area contributed by atoms with E-state index < -0.39 is 4.92 Å². The van der Waals surface area contributed by atoms with Gasteiger partial charge >= 0.3 is 0 Å². The highest BCUT2D eigenvalue weighted by Crippen LogP contribution is 2.38. The molecule has 0 aromatic heterocycles. The van der Waals surface area contributed by atoms with E-state index >= 15 is 0 Å². The number of nitrogens with one attached hydrogen (secondary N) is 1. The van der Waals surface area contributed by atoms with Crippen molar-refractivity contribution in [2.75, 3.05) is 36.0 Å². The first-order valence-electron chi connectivity index (χ1n) is 9.91. The standard InChI is InChI=1S/C22H23FN4O3/c1-2-9-24-22(28)19-13-15-12-18(27(29)30)7-8-20(15)26-11-10-25(14-21(19)26)17-5-3-16(23)4-6-17/h2-8,12,19,21H,1,9-11,13-14H2,(H,24,28)/t19-,21-/m1/s1. The highest BCUT2D eigenvalue weighted by molar-refractivity contribution is 5.82. The Bertz CT molecular complexity index is 979. The number of carbonyl (C=O) groups excluding carboxylic acids is 1. The highest BCUT2D eigenvalue weighted by Gasteiger charge is 2.42. The van der Waals surface area contributed by atoms with E-state index in [4.69, 9.17) is 0 Å². The minimum absolute atomic E-state index is 0.0300. The van der Waals surface area contributed by atoms with Gasteiger partial charge in [-0.3, -0.25) is 14.9 Å². The summed E-state index contributed by atoms with van der Waals surface area (Å²) in [5.41, 5.74) is 2.70. The van der Waals surface area contributed by atoms with Crippen molar-refractivity contribution in [1.82, 2.24) is 5.32 Å². The number of anilines is 2. The van der Waals surface area contributed by atoms with E-state index in [9.17, 15) is 19.3 Å². The largest absolute Gasteiger partial charge is 0.368 e. The van der Waals surface area contributed by atoms with Gasteiger partial charge in [0.2, 0.25) is 5.91 Å². The lowest BCUT2D eigenvalue weighted by molar-refractivity contribution is -0.384. The number of fused-ring (bicyclic) bond motifs is 3. The van der Waals surface area contributed by atoms with Crippen LogP contribution in [0.5, 0.6) is 0 Å². The predicted molar refractivity (Wildman–Crippen MR) is 113 cm³/mol. The first-order chi connectivity index (χ1) is 14.5. The zero-order valence-electron chi connectivity index (χ0n) is 16.5. The maximum atomic E-state index is 13.3. The lowest BCUT2D eigenvalue weighted by Gasteiger charge is -2.49. The van der Waals surface area contributed by atoms with E-state index in [1.165, 1.54) is 18.2 Å². The van der Waals surface area contributed by atoms with Crippen molar-refractivity contribution >= 4 is 23.0 Å². The van der Waals surface area contributed by atoms with E-state index in [2.05, 4.69) is 21.7 Å². The van der Waals surface area contributed by atoms with Crippen LogP contribution in [0.1, 0.15) is 5.56 Å². The van der Waals surface area contributed by atoms with Gasteiger partial charge in [-0.15, -0.1) is 6.58 Å². The second-order valence-corrected chi connectivity index (χ2v) is 7.60. The molecule has 2 aliphatic heterocycles. The Labute approximate surface area is 173 Å². The van der Waals surface area contributed by atoms with Crippen molar-refractivity contribution in [1.29, 1.82) is 0 Å². The fraction of sp³-hybridized carbons (Fsp3) is 0.318. The number of nitro benzene ring substituents is 1. The van der Waals surface area contributed by atoms with Crippen molar-refractivity contribution in [3.63, 3.8) is 0 Å². The van der Waals surface area contributed by atoms with E-state index in [-0.39, 0.29) is 29.4 Å². The third kappa shape index (κ3) is 3.72. The van der Waals surface area contributed by atoms with Gasteiger partial charge in [0.05, 0.1) is 16.9 Å². The Morgan fingerprint density at radius 2 is 2.03 bits per heavy atom. The van der Waals surface area contributed by atoms with Crippen LogP contribution in [-0.4, -0.2) is 43.1 Å². The molecule has 4 rings (SSSR count). The number of piperazine rings is 1. The molecule has 0 radical (unpaired) electrons. The summed E-state index contributed by atoms with van der Waals surface area (Å²) in [5, 5.41) is 14.1. The number of hydrogen-bond donors (Lipinski definition) is 1. The molecule has 1 saturated heterocycles. The Morgan fingerprint density at radius 3 is 2.73 bits per heavy atom. The van der Waals surface area contributed by atoms with Crippen LogP contribution in [0.3, 0.4) is 0 Å². The number of benzene rings is 2. The number of non-ortho nitro benzene ring substituents is 1. The van der Waals surface area contributed by atoms with Crippen molar-refractivity contribution in [3.05, 3.63) is 76.6 Å². The van der Waals surface area contributed by atoms with E-state index in [1.807, 2.05) is 0 Å². The molecule has 30 heavy (non-hydrogen) atoms. The molecule has 0 saturated carbocycles. The van der Waals surface area contributed by atoms with Crippen molar-refractivity contribution < 1.29 is 14.1 Å². The third-order valence-corrected chi connectivity index (χ3v) is 5.86. The number of nitrogens with zero attached hydrogens (tertiary/aromatic N) is 3. The first kappa shape index (κ1) is 19.9. The van der Waals surface area contributed by atoms with Crippen LogP contribution in [0, 0.1) is 21.8 Å². The number of nitro groups is 1. The van der Waals surface area contributed by atoms with Crippen molar-refractivity contribution in [2.45, 2.75) is 12.5 Å². The molecule has 2 atom stereocenters. The molecule has 1 N–H and O–H groups in total. The van der Waals surface area contributed by atoms with Gasteiger partial charge in [-0.2, -0.15) is 0 Å². The number of rotatable bonds is 5. The molecule has 1 fully saturated rings. The van der Waals surface area contributed by atoms with Crippen LogP contribution in [0.15, 0.2) is 55.1 Å². The Kier molecular flexibility index (Phi) is 5.39. The van der Waals surface area contributed by atoms with Gasteiger partial charge in [-0.05, 0) is 42.3 Å². The SMILES string of the molecule is C=CCNC(=O)[C@@H]1Cc2cc([N+](=O)[O-])ccc2N2CCN(c3ccc(F)cc3)C[C@H]12. The summed E-state index contributed by atoms with van der Waals surface area (Å²) in [6, 6.07) is 11.1. The molecule has 2 aromatic carbocycles. The van der Waals surface area contributed by atoms with Gasteiger partial charge in [-0.25, -0.2) is 4.39 Å². The average molecular weight is 410 g/mol. The summed E-state index contributed by atoms with van der Waals surface area (Å²) in [4.78, 5) is 28.1. The molecule has 7 nitrogen and oxygen atoms in total. The zero-order chi connectivity index (χ0) is 21.3. The Morgan fingerprint density at radius 1 is 1.27 bits per heavy atom. The topological polar surface area (TPSA) is 78.7 Å². The maximum Gasteiger partial charge on any atom is 0.269 e. The summed E-state index contributed by atoms with van der Waals surface area (Å²) in [7, 11) is 0. The van der Waals surface area contributed by atoms with Crippen LogP contribution >= 0.6 is 0 Å². The summed E-state index contributed by atoms with van der Waals surface area (Å²) in [6.45, 7) is 5.99. The summed E-state index contributed by atoms with van der Waals surface area (Å²) >= 11 is 0. The molecule has 0 unspecified atom stereocenters. The lowest BCUT2D eigenvalue weighted by atomic mass is 9.83. The van der Waals surface area contributed by atoms with Gasteiger partial charge in [0.25, 0.3) is 5.69 Å². The predicted octanol–water partition coefficient (Wildman–Crippen LogP) is 2.90. The zero-order valence-corrected chi connectivity index (χ0v) is 16.5. The lowest BCUT2D eigenvalue weighted by Crippen LogP contribution is -2.61. The van der Waals surface area contributed by atoms with Crippen molar-refractivity contribution in [2.24, 2.45) is 5.92 Å². The number of amides is 1. The number of halogens is 1. The van der Waals surface area contributed by atoms with Gasteiger partial charge in [0.15, 0.2) is 0 Å². The normalized spacial score (nSPS) is 20.2. The molecule has 0 spiro atoms. The third-order valence-electron chi connectivity index (χ3n) is 5.86. The van der Waals surface area contributed by atoms with Crippen LogP contribution in [0.25, 0.3) is 0 Å². The second kappa shape index (κ2) is 8.14. The second-order valence-electron chi connectivity index (χ2n) is 7.60. The van der Waals surface area contributed by atoms with Gasteiger partial charge in [0.1, 0.15) is 5.82 Å². The van der Waals surface area contributed by atoms with Crippen LogP contribution < -0.4 is 15.1 Å². The minimum atomic E-state index is -0.411. The first-order valence-corrected chi connectivity index (χ1v) is 9.91. The molecule has 0 aliphatic carbocycles. The molecule has 1 amide bonds. The molecule has 0 bridgehead atoms. The molecular weight excluding hydrogens is 387 g/mol.